The van der Waals surface area contributed by atoms with E-state index in [4.69, 9.17) is 94.0 Å². The number of aliphatic hydroxyl groups excluding tert-OH is 1. The minimum Gasteiger partial charge on any atom is -0.494 e. The first-order valence-corrected chi connectivity index (χ1v) is 33.4. The average molecular weight is 1460 g/mol. The van der Waals surface area contributed by atoms with Crippen molar-refractivity contribution in [3.8, 4) is 85.5 Å². The van der Waals surface area contributed by atoms with Gasteiger partial charge in [-0.3, -0.25) is 19.2 Å². The third-order valence-corrected chi connectivity index (χ3v) is 16.4. The Bertz CT molecular complexity index is 4200. The van der Waals surface area contributed by atoms with Gasteiger partial charge in [-0.25, -0.2) is 28.1 Å². The van der Waals surface area contributed by atoms with Crippen molar-refractivity contribution in [3.63, 3.8) is 0 Å². The Morgan fingerprint density at radius 2 is 0.706 bits per heavy atom. The maximum Gasteiger partial charge on any atom is 0.181 e. The molecule has 25 heteroatoms. The number of halogens is 6. The second-order valence-electron chi connectivity index (χ2n) is 22.6. The van der Waals surface area contributed by atoms with Crippen molar-refractivity contribution in [2.45, 2.75) is 77.3 Å². The minimum atomic E-state index is -0.559. The molecule has 9 rings (SSSR count). The predicted octanol–water partition coefficient (Wildman–Crippen LogP) is 16.8. The number of aromatic nitrogens is 3. The van der Waals surface area contributed by atoms with Crippen molar-refractivity contribution in [2.75, 3.05) is 69.1 Å². The lowest BCUT2D eigenvalue weighted by Gasteiger charge is -2.15. The number of methoxy groups -OCH3 is 6. The molecule has 0 saturated heterocycles. The van der Waals surface area contributed by atoms with Crippen LogP contribution < -0.4 is 54.1 Å². The monoisotopic (exact) mass is 1460 g/mol. The van der Waals surface area contributed by atoms with Crippen molar-refractivity contribution in [1.29, 1.82) is 0 Å². The molecule has 0 radical (unpaired) electrons. The van der Waals surface area contributed by atoms with E-state index in [0.29, 0.717) is 140 Å². The smallest absolute Gasteiger partial charge is 0.181 e. The van der Waals surface area contributed by atoms with Crippen LogP contribution in [-0.2, 0) is 0 Å². The van der Waals surface area contributed by atoms with Crippen molar-refractivity contribution in [2.24, 2.45) is 11.5 Å². The number of hydrogen-bond acceptors (Lipinski definition) is 19. The van der Waals surface area contributed by atoms with Gasteiger partial charge in [-0.05, 0) is 171 Å². The van der Waals surface area contributed by atoms with E-state index in [0.717, 1.165) is 12.8 Å². The fraction of sp³-hybridized carbons (Fsp3) is 0.286. The van der Waals surface area contributed by atoms with Crippen LogP contribution in [-0.4, -0.2) is 112 Å². The number of ether oxygens (including phenoxy) is 9. The number of carbonyl (C=O) groups is 4. The summed E-state index contributed by atoms with van der Waals surface area (Å²) in [6.45, 7) is 5.12. The molecule has 0 fully saturated rings. The van der Waals surface area contributed by atoms with Crippen LogP contribution in [0.1, 0.15) is 130 Å². The molecule has 0 aliphatic carbocycles. The second-order valence-corrected chi connectivity index (χ2v) is 23.8. The number of rotatable bonds is 33. The maximum atomic E-state index is 13.6. The molecule has 2 unspecified atom stereocenters. The van der Waals surface area contributed by atoms with Crippen LogP contribution in [0.5, 0.6) is 51.7 Å². The average Bonchev–Trinajstić information content (AvgIpc) is 0.818. The fourth-order valence-electron chi connectivity index (χ4n) is 10.1. The number of benzene rings is 6. The molecular formula is C77H79Cl3F3N5O14. The Hall–Kier alpha value is -9.81. The minimum absolute atomic E-state index is 0.00255. The first kappa shape index (κ1) is 79.5. The van der Waals surface area contributed by atoms with E-state index in [-0.39, 0.29) is 82.8 Å². The Labute approximate surface area is 605 Å². The highest BCUT2D eigenvalue weighted by Gasteiger charge is 2.23. The van der Waals surface area contributed by atoms with E-state index in [2.05, 4.69) is 15.0 Å². The van der Waals surface area contributed by atoms with Gasteiger partial charge in [0.05, 0.1) is 88.9 Å². The van der Waals surface area contributed by atoms with E-state index in [1.165, 1.54) is 84.1 Å². The van der Waals surface area contributed by atoms with Gasteiger partial charge in [-0.1, -0.05) is 48.7 Å². The van der Waals surface area contributed by atoms with E-state index in [1.807, 2.05) is 13.8 Å². The van der Waals surface area contributed by atoms with E-state index < -0.39 is 29.5 Å². The number of aliphatic hydroxyl groups is 1. The molecule has 3 aromatic heterocycles. The van der Waals surface area contributed by atoms with Gasteiger partial charge in [0.25, 0.3) is 0 Å². The zero-order valence-corrected chi connectivity index (χ0v) is 59.8. The van der Waals surface area contributed by atoms with Crippen molar-refractivity contribution in [1.82, 2.24) is 15.0 Å². The molecule has 538 valence electrons. The summed E-state index contributed by atoms with van der Waals surface area (Å²) in [5, 5.41) is 8.82. The van der Waals surface area contributed by atoms with Crippen LogP contribution in [0, 0.1) is 17.5 Å². The molecule has 9 aromatic rings. The fourth-order valence-corrected chi connectivity index (χ4v) is 10.6. The molecule has 0 bridgehead atoms. The molecule has 3 heterocycles. The van der Waals surface area contributed by atoms with Gasteiger partial charge in [-0.15, -0.1) is 0 Å². The normalized spacial score (nSPS) is 11.3. The number of pyridine rings is 3. The van der Waals surface area contributed by atoms with Gasteiger partial charge in [0.1, 0.15) is 64.1 Å². The predicted molar refractivity (Wildman–Crippen MR) is 386 cm³/mol. The highest BCUT2D eigenvalue weighted by atomic mass is 35.5. The molecule has 5 N–H and O–H groups in total. The maximum absolute atomic E-state index is 13.6. The number of nitrogens with zero attached hydrogens (tertiary/aromatic N) is 3. The van der Waals surface area contributed by atoms with Gasteiger partial charge in [-0.2, -0.15) is 0 Å². The molecule has 102 heavy (non-hydrogen) atoms. The number of hydrogen-bond donors (Lipinski definition) is 3. The molecule has 0 spiro atoms. The van der Waals surface area contributed by atoms with E-state index in [9.17, 15) is 32.3 Å². The summed E-state index contributed by atoms with van der Waals surface area (Å²) >= 11 is 17.8. The van der Waals surface area contributed by atoms with Crippen LogP contribution in [0.25, 0.3) is 33.8 Å². The number of nitrogens with two attached hydrogens (primary N) is 2. The van der Waals surface area contributed by atoms with Gasteiger partial charge in [0.2, 0.25) is 0 Å². The molecule has 6 aromatic carbocycles. The zero-order chi connectivity index (χ0) is 74.0. The Kier molecular flexibility index (Phi) is 30.7. The third kappa shape index (κ3) is 21.6. The topological polar surface area (TPSA) is 262 Å². The number of ketones is 4. The van der Waals surface area contributed by atoms with E-state index in [1.54, 1.807) is 104 Å². The molecule has 0 amide bonds. The lowest BCUT2D eigenvalue weighted by Crippen LogP contribution is -2.14. The van der Waals surface area contributed by atoms with Crippen LogP contribution in [0.4, 0.5) is 13.2 Å². The standard InChI is InChI=1S/C26H28ClFN2O4.C26H25ClFNO5.C25H26ClFN2O5/c1-4-13-34-23-11-6-16(15-25(23)33-3)22(31)10-8-20(29)21-9-12-24(32-2)26(30-21)17-5-7-19(28)18(27)14-17;1-4-13-34-23-11-6-16(15-25(23)33-3)21(30)9-10-22(31)20-8-12-24(32-2)26(29-20)17-5-7-19(28)18(27)14-17;1-32-23-10-7-20(29-25(23)16-3-5-18(27)17(26)13-16)19(28)6-8-21(31)15-4-9-22(34-12-11-30)24(14-15)33-2/h5-7,9,11-12,14-15,20H,4,8,10,13,29H2,1-3H3;5-8,11-12,14-15H,4,9-10,13H2,1-3H3;3-5,7,9-10,13-14,19,30H,6,8,11-12,28H2,1-2H3. The summed E-state index contributed by atoms with van der Waals surface area (Å²) in [4.78, 5) is 64.7. The van der Waals surface area contributed by atoms with Crippen LogP contribution in [0.2, 0.25) is 15.1 Å². The van der Waals surface area contributed by atoms with Gasteiger partial charge in [0.15, 0.2) is 57.6 Å². The van der Waals surface area contributed by atoms with Gasteiger partial charge in [0, 0.05) is 71.1 Å². The molecule has 19 nitrogen and oxygen atoms in total. The first-order chi connectivity index (χ1) is 49.1. The summed E-state index contributed by atoms with van der Waals surface area (Å²) in [5.41, 5.74) is 18.5. The van der Waals surface area contributed by atoms with Gasteiger partial charge < -0.3 is 59.2 Å². The molecule has 0 saturated carbocycles. The van der Waals surface area contributed by atoms with Crippen molar-refractivity contribution >= 4 is 57.9 Å². The number of carbonyl (C=O) groups excluding carboxylic acids is 4. The SMILES string of the molecule is CCCOc1ccc(C(=O)CCC(=O)c2ccc(OC)c(-c3ccc(F)c(Cl)c3)n2)cc1OC.CCCOc1ccc(C(=O)CCC(N)c2ccc(OC)c(-c3ccc(F)c(Cl)c3)n2)cc1OC.COc1cc(C(=O)CCC(N)c2ccc(OC)c(-c3ccc(F)c(Cl)c3)n2)ccc1OCCO. The summed E-state index contributed by atoms with van der Waals surface area (Å²) < 4.78 is 89.5. The third-order valence-electron chi connectivity index (χ3n) is 15.6. The first-order valence-electron chi connectivity index (χ1n) is 32.3. The van der Waals surface area contributed by atoms with Crippen molar-refractivity contribution < 1.29 is 80.1 Å². The lowest BCUT2D eigenvalue weighted by molar-refractivity contribution is 0.0915. The van der Waals surface area contributed by atoms with Crippen LogP contribution in [0.15, 0.2) is 146 Å². The highest BCUT2D eigenvalue weighted by Crippen LogP contribution is 2.38. The molecule has 0 aliphatic rings. The van der Waals surface area contributed by atoms with Gasteiger partial charge >= 0.3 is 0 Å². The highest BCUT2D eigenvalue weighted by molar-refractivity contribution is 6.31. The lowest BCUT2D eigenvalue weighted by atomic mass is 10.0. The quantitative estimate of drug-likeness (QED) is 0.0323. The molecule has 0 aliphatic heterocycles. The number of Topliss-reactive ketones (excluding diaryl/α,β-unsaturated/α-hetero) is 4. The Morgan fingerprint density at radius 1 is 0.392 bits per heavy atom. The molecular weight excluding hydrogens is 1380 g/mol. The second kappa shape index (κ2) is 39.4. The summed E-state index contributed by atoms with van der Waals surface area (Å²) in [6, 6.07) is 36.9. The molecule has 2 atom stereocenters. The van der Waals surface area contributed by atoms with Crippen LogP contribution >= 0.6 is 34.8 Å². The summed E-state index contributed by atoms with van der Waals surface area (Å²) in [7, 11) is 9.03. The largest absolute Gasteiger partial charge is 0.494 e. The summed E-state index contributed by atoms with van der Waals surface area (Å²) in [5.74, 6) is 2.13. The van der Waals surface area contributed by atoms with E-state index >= 15 is 0 Å². The van der Waals surface area contributed by atoms with Crippen LogP contribution in [0.3, 0.4) is 0 Å². The Balaban J connectivity index is 0.000000214. The zero-order valence-electron chi connectivity index (χ0n) is 57.5. The Morgan fingerprint density at radius 3 is 1.04 bits per heavy atom. The summed E-state index contributed by atoms with van der Waals surface area (Å²) in [6.07, 6.45) is 2.85. The van der Waals surface area contributed by atoms with Crippen molar-refractivity contribution in [3.05, 3.63) is 212 Å².